The number of anilines is 1. The van der Waals surface area contributed by atoms with Gasteiger partial charge in [0.05, 0.1) is 22.4 Å². The van der Waals surface area contributed by atoms with Crippen LogP contribution in [0.2, 0.25) is 0 Å². The van der Waals surface area contributed by atoms with Gasteiger partial charge in [-0.1, -0.05) is 0 Å². The number of pyridine rings is 1. The zero-order valence-electron chi connectivity index (χ0n) is 11.2. The van der Waals surface area contributed by atoms with Crippen molar-refractivity contribution in [3.8, 4) is 0 Å². The largest absolute Gasteiger partial charge is 0.371 e. The number of amides is 1. The monoisotopic (exact) mass is 286 g/mol. The Balaban J connectivity index is 1.85. The molecule has 2 N–H and O–H groups in total. The Bertz CT molecular complexity index is 712. The van der Waals surface area contributed by atoms with Crippen molar-refractivity contribution in [2.24, 2.45) is 0 Å². The third-order valence-electron chi connectivity index (χ3n) is 3.32. The number of carbonyl (C=O) groups is 1. The highest BCUT2D eigenvalue weighted by Crippen LogP contribution is 2.32. The first-order valence-corrected chi connectivity index (χ1v) is 6.70. The molecule has 0 saturated heterocycles. The van der Waals surface area contributed by atoms with Gasteiger partial charge >= 0.3 is 5.69 Å². The maximum Gasteiger partial charge on any atom is 0.301 e. The molecule has 0 unspecified atom stereocenters. The Morgan fingerprint density at radius 1 is 1.38 bits per heavy atom. The third-order valence-corrected chi connectivity index (χ3v) is 3.32. The Kier molecular flexibility index (Phi) is 3.39. The molecular formula is C14H14N4O3. The molecular weight excluding hydrogens is 272 g/mol. The first kappa shape index (κ1) is 13.3. The minimum Gasteiger partial charge on any atom is -0.371 e. The minimum atomic E-state index is -0.453. The molecule has 3 rings (SSSR count). The number of fused-ring (bicyclic) bond motifs is 1. The number of rotatable bonds is 5. The summed E-state index contributed by atoms with van der Waals surface area (Å²) in [5, 5.41) is 17.4. The van der Waals surface area contributed by atoms with E-state index in [-0.39, 0.29) is 24.2 Å². The summed E-state index contributed by atoms with van der Waals surface area (Å²) in [5.41, 5.74) is 0.823. The van der Waals surface area contributed by atoms with E-state index in [9.17, 15) is 14.9 Å². The zero-order chi connectivity index (χ0) is 14.8. The van der Waals surface area contributed by atoms with E-state index in [0.29, 0.717) is 16.6 Å². The van der Waals surface area contributed by atoms with E-state index >= 15 is 0 Å². The fourth-order valence-electron chi connectivity index (χ4n) is 2.16. The predicted molar refractivity (Wildman–Crippen MR) is 78.1 cm³/mol. The van der Waals surface area contributed by atoms with Crippen LogP contribution in [0.15, 0.2) is 30.5 Å². The van der Waals surface area contributed by atoms with Gasteiger partial charge in [-0.25, -0.2) is 0 Å². The number of benzene rings is 1. The molecule has 1 aromatic carbocycles. The van der Waals surface area contributed by atoms with Gasteiger partial charge in [0.15, 0.2) is 0 Å². The molecule has 7 heteroatoms. The van der Waals surface area contributed by atoms with Crippen LogP contribution in [-0.2, 0) is 4.79 Å². The highest BCUT2D eigenvalue weighted by Gasteiger charge is 2.24. The van der Waals surface area contributed by atoms with Crippen LogP contribution in [0.4, 0.5) is 11.4 Å². The number of nitrogens with zero attached hydrogens (tertiary/aromatic N) is 2. The van der Waals surface area contributed by atoms with Crippen molar-refractivity contribution < 1.29 is 9.72 Å². The lowest BCUT2D eigenvalue weighted by Gasteiger charge is -2.09. The molecule has 0 spiro atoms. The summed E-state index contributed by atoms with van der Waals surface area (Å²) in [6.45, 7) is 0.0170. The molecule has 1 saturated carbocycles. The molecule has 1 heterocycles. The quantitative estimate of drug-likeness (QED) is 0.645. The smallest absolute Gasteiger partial charge is 0.301 e. The topological polar surface area (TPSA) is 97.2 Å². The lowest BCUT2D eigenvalue weighted by Crippen LogP contribution is -2.31. The van der Waals surface area contributed by atoms with Crippen molar-refractivity contribution >= 4 is 28.2 Å². The Morgan fingerprint density at radius 3 is 2.90 bits per heavy atom. The molecule has 1 aliphatic carbocycles. The lowest BCUT2D eigenvalue weighted by molar-refractivity contribution is -0.382. The number of hydrogen-bond donors (Lipinski definition) is 2. The number of carbonyl (C=O) groups excluding carboxylic acids is 1. The van der Waals surface area contributed by atoms with Crippen LogP contribution in [0.5, 0.6) is 0 Å². The Hall–Kier alpha value is -2.70. The van der Waals surface area contributed by atoms with Gasteiger partial charge in [0.2, 0.25) is 5.91 Å². The number of nitro benzene ring substituents is 1. The number of aromatic nitrogens is 1. The van der Waals surface area contributed by atoms with Crippen molar-refractivity contribution in [2.45, 2.75) is 18.9 Å². The molecule has 1 fully saturated rings. The summed E-state index contributed by atoms with van der Waals surface area (Å²) < 4.78 is 0. The first-order valence-electron chi connectivity index (χ1n) is 6.70. The Labute approximate surface area is 120 Å². The molecule has 0 atom stereocenters. The van der Waals surface area contributed by atoms with Crippen molar-refractivity contribution in [1.29, 1.82) is 0 Å². The van der Waals surface area contributed by atoms with Crippen LogP contribution >= 0.6 is 0 Å². The molecule has 2 aromatic rings. The maximum atomic E-state index is 11.7. The van der Waals surface area contributed by atoms with Gasteiger partial charge < -0.3 is 10.6 Å². The van der Waals surface area contributed by atoms with Crippen LogP contribution < -0.4 is 10.6 Å². The van der Waals surface area contributed by atoms with E-state index in [1.807, 2.05) is 0 Å². The van der Waals surface area contributed by atoms with Crippen molar-refractivity contribution in [2.75, 3.05) is 11.9 Å². The molecule has 108 valence electrons. The van der Waals surface area contributed by atoms with Gasteiger partial charge in [-0.3, -0.25) is 19.9 Å². The third kappa shape index (κ3) is 2.91. The van der Waals surface area contributed by atoms with Gasteiger partial charge in [0.1, 0.15) is 5.69 Å². The molecule has 0 aliphatic heterocycles. The summed E-state index contributed by atoms with van der Waals surface area (Å²) in [7, 11) is 0. The fraction of sp³-hybridized carbons (Fsp3) is 0.286. The minimum absolute atomic E-state index is 0.0170. The average molecular weight is 286 g/mol. The van der Waals surface area contributed by atoms with E-state index in [1.165, 1.54) is 0 Å². The van der Waals surface area contributed by atoms with Gasteiger partial charge in [-0.05, 0) is 37.1 Å². The molecule has 7 nitrogen and oxygen atoms in total. The summed E-state index contributed by atoms with van der Waals surface area (Å²) in [6, 6.07) is 6.85. The maximum absolute atomic E-state index is 11.7. The van der Waals surface area contributed by atoms with E-state index in [0.717, 1.165) is 12.8 Å². The highest BCUT2D eigenvalue weighted by atomic mass is 16.6. The normalized spacial score (nSPS) is 13.9. The highest BCUT2D eigenvalue weighted by molar-refractivity contribution is 5.95. The van der Waals surface area contributed by atoms with E-state index in [4.69, 9.17) is 0 Å². The summed E-state index contributed by atoms with van der Waals surface area (Å²) >= 11 is 0. The van der Waals surface area contributed by atoms with E-state index < -0.39 is 4.92 Å². The summed E-state index contributed by atoms with van der Waals surface area (Å²) in [4.78, 5) is 26.6. The van der Waals surface area contributed by atoms with E-state index in [1.54, 1.807) is 30.5 Å². The molecule has 21 heavy (non-hydrogen) atoms. The first-order chi connectivity index (χ1) is 10.1. The molecule has 1 aliphatic rings. The van der Waals surface area contributed by atoms with Crippen LogP contribution in [0.25, 0.3) is 10.9 Å². The van der Waals surface area contributed by atoms with Crippen LogP contribution in [-0.4, -0.2) is 28.4 Å². The number of nitrogens with one attached hydrogen (secondary N) is 2. The Morgan fingerprint density at radius 2 is 2.19 bits per heavy atom. The summed E-state index contributed by atoms with van der Waals surface area (Å²) in [6.07, 6.45) is 3.60. The SMILES string of the molecule is O=C(CNc1ccc2ncccc2c1[N+](=O)[O-])NC1CC1. The van der Waals surface area contributed by atoms with Gasteiger partial charge in [0, 0.05) is 12.2 Å². The standard InChI is InChI=1S/C14H14N4O3/c19-13(17-9-3-4-9)8-16-12-6-5-11-10(2-1-7-15-11)14(12)18(20)21/h1-2,5-7,9,16H,3-4,8H2,(H,17,19). The summed E-state index contributed by atoms with van der Waals surface area (Å²) in [5.74, 6) is -0.155. The average Bonchev–Trinajstić information content (AvgIpc) is 3.28. The van der Waals surface area contributed by atoms with Gasteiger partial charge in [-0.15, -0.1) is 0 Å². The second-order valence-corrected chi connectivity index (χ2v) is 4.98. The van der Waals surface area contributed by atoms with Crippen molar-refractivity contribution in [1.82, 2.24) is 10.3 Å². The predicted octanol–water partition coefficient (Wildman–Crippen LogP) is 1.83. The fourth-order valence-corrected chi connectivity index (χ4v) is 2.16. The van der Waals surface area contributed by atoms with Gasteiger partial charge in [0.25, 0.3) is 0 Å². The molecule has 1 aromatic heterocycles. The lowest BCUT2D eigenvalue weighted by atomic mass is 10.1. The molecule has 1 amide bonds. The zero-order valence-corrected chi connectivity index (χ0v) is 11.2. The number of nitro groups is 1. The van der Waals surface area contributed by atoms with Gasteiger partial charge in [-0.2, -0.15) is 0 Å². The molecule has 0 radical (unpaired) electrons. The van der Waals surface area contributed by atoms with Crippen LogP contribution in [0, 0.1) is 10.1 Å². The second kappa shape index (κ2) is 5.35. The van der Waals surface area contributed by atoms with Crippen LogP contribution in [0.1, 0.15) is 12.8 Å². The second-order valence-electron chi connectivity index (χ2n) is 4.98. The van der Waals surface area contributed by atoms with Crippen molar-refractivity contribution in [3.63, 3.8) is 0 Å². The van der Waals surface area contributed by atoms with Crippen LogP contribution in [0.3, 0.4) is 0 Å². The van der Waals surface area contributed by atoms with Crippen molar-refractivity contribution in [3.05, 3.63) is 40.6 Å². The van der Waals surface area contributed by atoms with E-state index in [2.05, 4.69) is 15.6 Å². The number of hydrogen-bond acceptors (Lipinski definition) is 5. The molecule has 0 bridgehead atoms.